The van der Waals surface area contributed by atoms with Gasteiger partial charge in [0.1, 0.15) is 0 Å². The van der Waals surface area contributed by atoms with Crippen molar-refractivity contribution in [1.82, 2.24) is 0 Å². The van der Waals surface area contributed by atoms with Gasteiger partial charge in [-0.2, -0.15) is 35.9 Å². The maximum absolute atomic E-state index is 2.96. The van der Waals surface area contributed by atoms with Crippen LogP contribution in [-0.2, 0) is 0 Å². The number of hydrogen-bond acceptors (Lipinski definition) is 0. The third kappa shape index (κ3) is 5.49. The first-order chi connectivity index (χ1) is 9.36. The summed E-state index contributed by atoms with van der Waals surface area (Å²) in [6, 6.07) is 31.6. The normalized spacial score (nSPS) is 8.85. The molecule has 0 unspecified atom stereocenters. The Morgan fingerprint density at radius 3 is 1.45 bits per heavy atom. The molecule has 0 fully saturated rings. The van der Waals surface area contributed by atoms with E-state index in [1.807, 2.05) is 30.3 Å². The molecule has 0 nitrogen and oxygen atoms in total. The Kier molecular flexibility index (Phi) is 7.51. The van der Waals surface area contributed by atoms with Gasteiger partial charge in [-0.3, -0.25) is 0 Å². The summed E-state index contributed by atoms with van der Waals surface area (Å²) in [5.41, 5.74) is 3.82. The zero-order valence-corrected chi connectivity index (χ0v) is 12.1. The van der Waals surface area contributed by atoms with Gasteiger partial charge < -0.3 is 0 Å². The Labute approximate surface area is 133 Å². The zero-order chi connectivity index (χ0) is 13.3. The van der Waals surface area contributed by atoms with Gasteiger partial charge in [0, 0.05) is 0 Å². The first-order valence-electron chi connectivity index (χ1n) is 6.39. The molecule has 0 saturated carbocycles. The van der Waals surface area contributed by atoms with E-state index < -0.39 is 0 Å². The molecule has 0 aromatic heterocycles. The van der Waals surface area contributed by atoms with E-state index in [4.69, 9.17) is 0 Å². The summed E-state index contributed by atoms with van der Waals surface area (Å²) in [5.74, 6) is 0. The molecular weight excluding hydrogens is 235 g/mol. The van der Waals surface area contributed by atoms with Crippen molar-refractivity contribution in [3.05, 3.63) is 96.6 Å². The molecule has 0 atom stereocenters. The largest absolute Gasteiger partial charge is 1.00 e. The van der Waals surface area contributed by atoms with E-state index in [2.05, 4.69) is 67.6 Å². The van der Waals surface area contributed by atoms with Crippen LogP contribution in [0.25, 0.3) is 11.1 Å². The fourth-order valence-electron chi connectivity index (χ4n) is 1.74. The molecule has 0 aliphatic rings. The van der Waals surface area contributed by atoms with Gasteiger partial charge in [0.25, 0.3) is 0 Å². The van der Waals surface area contributed by atoms with E-state index >= 15 is 0 Å². The second-order valence-electron chi connectivity index (χ2n) is 4.31. The third-order valence-electron chi connectivity index (χ3n) is 2.74. The van der Waals surface area contributed by atoms with E-state index in [0.717, 1.165) is 0 Å². The molecule has 0 heterocycles. The molecule has 0 aliphatic heterocycles. The SMILES string of the molecule is Cc1c[c-]ccc1.[Li+].c1ccc(-c2ccccc2)cc1. The van der Waals surface area contributed by atoms with Crippen molar-refractivity contribution in [2.75, 3.05) is 0 Å². The van der Waals surface area contributed by atoms with Crippen molar-refractivity contribution in [3.8, 4) is 11.1 Å². The monoisotopic (exact) mass is 252 g/mol. The van der Waals surface area contributed by atoms with Crippen LogP contribution in [0.3, 0.4) is 0 Å². The number of hydrogen-bond donors (Lipinski definition) is 0. The van der Waals surface area contributed by atoms with Crippen molar-refractivity contribution >= 4 is 0 Å². The number of aryl methyl sites for hydroxylation is 1. The summed E-state index contributed by atoms with van der Waals surface area (Å²) in [4.78, 5) is 0. The Morgan fingerprint density at radius 2 is 1.15 bits per heavy atom. The maximum Gasteiger partial charge on any atom is 1.00 e. The van der Waals surface area contributed by atoms with Crippen LogP contribution in [0.2, 0.25) is 0 Å². The molecule has 0 spiro atoms. The molecule has 94 valence electrons. The quantitative estimate of drug-likeness (QED) is 0.460. The van der Waals surface area contributed by atoms with Gasteiger partial charge in [-0.05, 0) is 11.1 Å². The number of benzene rings is 3. The second-order valence-corrected chi connectivity index (χ2v) is 4.31. The van der Waals surface area contributed by atoms with Crippen LogP contribution >= 0.6 is 0 Å². The van der Waals surface area contributed by atoms with Crippen LogP contribution in [0.15, 0.2) is 84.9 Å². The van der Waals surface area contributed by atoms with Crippen molar-refractivity contribution in [2.24, 2.45) is 0 Å². The zero-order valence-electron chi connectivity index (χ0n) is 12.1. The molecule has 3 rings (SSSR count). The van der Waals surface area contributed by atoms with E-state index in [1.54, 1.807) is 0 Å². The van der Waals surface area contributed by atoms with E-state index in [-0.39, 0.29) is 18.9 Å². The Hall–Kier alpha value is -1.74. The average molecular weight is 252 g/mol. The fourth-order valence-corrected chi connectivity index (χ4v) is 1.74. The van der Waals surface area contributed by atoms with Gasteiger partial charge in [0.2, 0.25) is 0 Å². The predicted octanol–water partition coefficient (Wildman–Crippen LogP) is 2.15. The average Bonchev–Trinajstić information content (AvgIpc) is 2.51. The van der Waals surface area contributed by atoms with Crippen molar-refractivity contribution in [2.45, 2.75) is 6.92 Å². The Morgan fingerprint density at radius 1 is 0.650 bits per heavy atom. The van der Waals surface area contributed by atoms with Crippen LogP contribution in [0, 0.1) is 13.0 Å². The summed E-state index contributed by atoms with van der Waals surface area (Å²) < 4.78 is 0. The van der Waals surface area contributed by atoms with Crippen molar-refractivity contribution in [3.63, 3.8) is 0 Å². The first-order valence-corrected chi connectivity index (χ1v) is 6.39. The molecule has 0 N–H and O–H groups in total. The molecule has 3 aromatic carbocycles. The number of rotatable bonds is 1. The summed E-state index contributed by atoms with van der Waals surface area (Å²) in [6.07, 6.45) is 0. The fraction of sp³-hybridized carbons (Fsp3) is 0.0526. The van der Waals surface area contributed by atoms with Crippen LogP contribution in [0.4, 0.5) is 0 Å². The molecule has 0 amide bonds. The Balaban J connectivity index is 0.000000216. The van der Waals surface area contributed by atoms with Crippen molar-refractivity contribution < 1.29 is 18.9 Å². The molecule has 0 aliphatic carbocycles. The molecule has 0 saturated heterocycles. The maximum atomic E-state index is 2.96. The topological polar surface area (TPSA) is 0 Å². The van der Waals surface area contributed by atoms with Gasteiger partial charge in [-0.15, -0.1) is 0 Å². The smallest absolute Gasteiger partial charge is 0.184 e. The Bertz CT molecular complexity index is 536. The third-order valence-corrected chi connectivity index (χ3v) is 2.74. The van der Waals surface area contributed by atoms with E-state index in [9.17, 15) is 0 Å². The van der Waals surface area contributed by atoms with Crippen LogP contribution in [0.5, 0.6) is 0 Å². The predicted molar refractivity (Wildman–Crippen MR) is 81.9 cm³/mol. The minimum Gasteiger partial charge on any atom is -0.184 e. The molecule has 1 heteroatoms. The van der Waals surface area contributed by atoms with Crippen LogP contribution in [0.1, 0.15) is 5.56 Å². The van der Waals surface area contributed by atoms with E-state index in [0.29, 0.717) is 0 Å². The molecule has 3 aromatic rings. The standard InChI is InChI=1S/C12H10.C7H7.Li/c1-3-7-11(8-4-1)12-9-5-2-6-10-12;1-7-5-3-2-4-6-7;/h1-10H;2-3,5-6H,1H3;/q;-1;+1. The van der Waals surface area contributed by atoms with Crippen LogP contribution < -0.4 is 18.9 Å². The summed E-state index contributed by atoms with van der Waals surface area (Å²) >= 11 is 0. The van der Waals surface area contributed by atoms with Gasteiger partial charge in [0.05, 0.1) is 0 Å². The molecule has 20 heavy (non-hydrogen) atoms. The van der Waals surface area contributed by atoms with Gasteiger partial charge in [-0.1, -0.05) is 67.6 Å². The molecular formula is C19H17Li. The first kappa shape index (κ1) is 16.3. The summed E-state index contributed by atoms with van der Waals surface area (Å²) in [5, 5.41) is 0. The minimum absolute atomic E-state index is 0. The summed E-state index contributed by atoms with van der Waals surface area (Å²) in [6.45, 7) is 2.05. The minimum atomic E-state index is 0. The van der Waals surface area contributed by atoms with Gasteiger partial charge >= 0.3 is 18.9 Å². The van der Waals surface area contributed by atoms with Crippen molar-refractivity contribution in [1.29, 1.82) is 0 Å². The van der Waals surface area contributed by atoms with E-state index in [1.165, 1.54) is 16.7 Å². The molecule has 0 bridgehead atoms. The summed E-state index contributed by atoms with van der Waals surface area (Å²) in [7, 11) is 0. The van der Waals surface area contributed by atoms with Gasteiger partial charge in [-0.25, -0.2) is 0 Å². The second kappa shape index (κ2) is 9.21. The van der Waals surface area contributed by atoms with Crippen LogP contribution in [-0.4, -0.2) is 0 Å². The van der Waals surface area contributed by atoms with Gasteiger partial charge in [0.15, 0.2) is 0 Å². The molecule has 0 radical (unpaired) electrons.